The van der Waals surface area contributed by atoms with Crippen molar-refractivity contribution in [3.8, 4) is 5.75 Å². The Morgan fingerprint density at radius 2 is 1.85 bits per heavy atom. The van der Waals surface area contributed by atoms with Gasteiger partial charge in [-0.15, -0.1) is 0 Å². The maximum Gasteiger partial charge on any atom is 0.342 e. The van der Waals surface area contributed by atoms with Crippen LogP contribution in [0.1, 0.15) is 36.2 Å². The monoisotopic (exact) mass is 375 g/mol. The van der Waals surface area contributed by atoms with Crippen LogP contribution in [0.5, 0.6) is 5.75 Å². The van der Waals surface area contributed by atoms with Gasteiger partial charge in [0.25, 0.3) is 0 Å². The van der Waals surface area contributed by atoms with E-state index in [1.54, 1.807) is 27.0 Å². The Morgan fingerprint density at radius 1 is 1.15 bits per heavy atom. The lowest BCUT2D eigenvalue weighted by Crippen LogP contribution is -2.32. The third-order valence-electron chi connectivity index (χ3n) is 4.57. The number of hydrogen-bond donors (Lipinski definition) is 4. The minimum absolute atomic E-state index is 0.00820. The maximum absolute atomic E-state index is 12.6. The van der Waals surface area contributed by atoms with E-state index in [0.29, 0.717) is 11.3 Å². The largest absolute Gasteiger partial charge is 0.507 e. The second-order valence-corrected chi connectivity index (χ2v) is 6.59. The second kappa shape index (κ2) is 8.83. The fourth-order valence-corrected chi connectivity index (χ4v) is 2.64. The highest BCUT2D eigenvalue weighted by molar-refractivity contribution is 5.97. The average molecular weight is 375 g/mol. The predicted octanol–water partition coefficient (Wildman–Crippen LogP) is 1.88. The summed E-state index contributed by atoms with van der Waals surface area (Å²) in [5.74, 6) is -1.85. The van der Waals surface area contributed by atoms with Crippen LogP contribution < -0.4 is 5.32 Å². The molecule has 0 radical (unpaired) electrons. The van der Waals surface area contributed by atoms with Gasteiger partial charge in [-0.25, -0.2) is 4.79 Å². The number of aliphatic hydroxyl groups excluding tert-OH is 2. The number of rotatable bonds is 1. The number of anilines is 1. The van der Waals surface area contributed by atoms with Crippen LogP contribution in [0.15, 0.2) is 30.4 Å². The van der Waals surface area contributed by atoms with Crippen LogP contribution in [0.2, 0.25) is 0 Å². The molecule has 1 aliphatic heterocycles. The number of carbonyl (C=O) groups is 2. The number of benzene rings is 1. The molecular weight excluding hydrogens is 350 g/mol. The zero-order chi connectivity index (χ0) is 20.1. The number of phenols is 1. The van der Waals surface area contributed by atoms with Crippen LogP contribution in [0.25, 0.3) is 6.08 Å². The predicted molar refractivity (Wildman–Crippen MR) is 102 cm³/mol. The van der Waals surface area contributed by atoms with E-state index in [-0.39, 0.29) is 23.7 Å². The maximum atomic E-state index is 12.6. The number of nitrogens with one attached hydrogen (secondary N) is 1. The minimum Gasteiger partial charge on any atom is -0.507 e. The third-order valence-corrected chi connectivity index (χ3v) is 4.57. The molecule has 1 heterocycles. The molecule has 0 saturated heterocycles. The molecule has 27 heavy (non-hydrogen) atoms. The number of cyclic esters (lactones) is 1. The Kier molecular flexibility index (Phi) is 6.76. The Morgan fingerprint density at radius 3 is 2.52 bits per heavy atom. The molecule has 0 spiro atoms. The highest BCUT2D eigenvalue weighted by atomic mass is 16.5. The SMILES string of the molecule is CNc1cc(O)c2c(c1)/C=C/CC(O)[C@H](O)C(=O)/C=C\[C@@H](C)C(C)OC2=O. The first kappa shape index (κ1) is 20.7. The summed E-state index contributed by atoms with van der Waals surface area (Å²) in [6, 6.07) is 3.07. The van der Waals surface area contributed by atoms with E-state index < -0.39 is 30.1 Å². The highest BCUT2D eigenvalue weighted by Gasteiger charge is 2.25. The second-order valence-electron chi connectivity index (χ2n) is 6.59. The number of esters is 1. The standard InChI is InChI=1S/C20H25NO6/c1-11-7-8-16(23)19(25)15(22)6-4-5-13-9-14(21-3)10-17(24)18(13)20(26)27-12(11)2/h4-5,7-12,15,19,21-22,24-25H,6H2,1-3H3/b5-4+,8-7-/t11-,12?,15?,19+/m1/s1. The number of hydrogen-bond acceptors (Lipinski definition) is 7. The summed E-state index contributed by atoms with van der Waals surface area (Å²) >= 11 is 0. The van der Waals surface area contributed by atoms with E-state index in [0.717, 1.165) is 0 Å². The van der Waals surface area contributed by atoms with Gasteiger partial charge < -0.3 is 25.4 Å². The number of aromatic hydroxyl groups is 1. The Bertz CT molecular complexity index is 770. The molecule has 4 N–H and O–H groups in total. The van der Waals surface area contributed by atoms with Crippen molar-refractivity contribution in [1.29, 1.82) is 0 Å². The van der Waals surface area contributed by atoms with Gasteiger partial charge in [-0.2, -0.15) is 0 Å². The van der Waals surface area contributed by atoms with Crippen molar-refractivity contribution in [2.75, 3.05) is 12.4 Å². The van der Waals surface area contributed by atoms with Gasteiger partial charge in [0.15, 0.2) is 5.78 Å². The van der Waals surface area contributed by atoms with Crippen LogP contribution in [-0.2, 0) is 9.53 Å². The van der Waals surface area contributed by atoms with Gasteiger partial charge in [-0.1, -0.05) is 25.2 Å². The topological polar surface area (TPSA) is 116 Å². The fourth-order valence-electron chi connectivity index (χ4n) is 2.64. The number of fused-ring (bicyclic) bond motifs is 1. The van der Waals surface area contributed by atoms with Gasteiger partial charge in [-0.05, 0) is 31.1 Å². The smallest absolute Gasteiger partial charge is 0.342 e. The first-order chi connectivity index (χ1) is 12.7. The zero-order valence-corrected chi connectivity index (χ0v) is 15.5. The quantitative estimate of drug-likeness (QED) is 0.554. The number of phenolic OH excluding ortho intramolecular Hbond substituents is 1. The lowest BCUT2D eigenvalue weighted by atomic mass is 9.99. The molecule has 0 bridgehead atoms. The van der Waals surface area contributed by atoms with E-state index in [1.165, 1.54) is 30.4 Å². The van der Waals surface area contributed by atoms with Gasteiger partial charge in [0.2, 0.25) is 0 Å². The van der Waals surface area contributed by atoms with Gasteiger partial charge in [-0.3, -0.25) is 4.79 Å². The van der Waals surface area contributed by atoms with Crippen LogP contribution in [-0.4, -0.2) is 52.4 Å². The van der Waals surface area contributed by atoms with Crippen molar-refractivity contribution < 1.29 is 29.6 Å². The van der Waals surface area contributed by atoms with E-state index in [9.17, 15) is 24.9 Å². The molecular formula is C20H25NO6. The van der Waals surface area contributed by atoms with Crippen LogP contribution in [0, 0.1) is 5.92 Å². The summed E-state index contributed by atoms with van der Waals surface area (Å²) in [4.78, 5) is 24.6. The van der Waals surface area contributed by atoms with Crippen molar-refractivity contribution in [3.63, 3.8) is 0 Å². The van der Waals surface area contributed by atoms with Crippen molar-refractivity contribution in [3.05, 3.63) is 41.5 Å². The molecule has 1 aromatic carbocycles. The van der Waals surface area contributed by atoms with E-state index >= 15 is 0 Å². The molecule has 0 aromatic heterocycles. The summed E-state index contributed by atoms with van der Waals surface area (Å²) in [6.45, 7) is 3.42. The Labute approximate surface area is 158 Å². The zero-order valence-electron chi connectivity index (χ0n) is 15.5. The molecule has 0 amide bonds. The lowest BCUT2D eigenvalue weighted by molar-refractivity contribution is -0.127. The molecule has 146 valence electrons. The molecule has 2 unspecified atom stereocenters. The summed E-state index contributed by atoms with van der Waals surface area (Å²) in [6.07, 6.45) is 2.34. The van der Waals surface area contributed by atoms with Gasteiger partial charge in [0.05, 0.1) is 6.10 Å². The van der Waals surface area contributed by atoms with Gasteiger partial charge in [0, 0.05) is 24.7 Å². The highest BCUT2D eigenvalue weighted by Crippen LogP contribution is 2.29. The molecule has 1 aliphatic rings. The minimum atomic E-state index is -1.55. The van der Waals surface area contributed by atoms with Crippen molar-refractivity contribution in [1.82, 2.24) is 0 Å². The molecule has 0 fully saturated rings. The first-order valence-corrected chi connectivity index (χ1v) is 8.75. The number of carbonyl (C=O) groups excluding carboxylic acids is 2. The van der Waals surface area contributed by atoms with Crippen LogP contribution in [0.3, 0.4) is 0 Å². The Balaban J connectivity index is 2.50. The van der Waals surface area contributed by atoms with E-state index in [1.807, 2.05) is 0 Å². The van der Waals surface area contributed by atoms with Gasteiger partial charge in [0.1, 0.15) is 23.5 Å². The van der Waals surface area contributed by atoms with Gasteiger partial charge >= 0.3 is 5.97 Å². The molecule has 7 nitrogen and oxygen atoms in total. The number of aliphatic hydroxyl groups is 2. The third kappa shape index (κ3) is 4.96. The molecule has 7 heteroatoms. The normalized spacial score (nSPS) is 29.2. The van der Waals surface area contributed by atoms with Crippen LogP contribution in [0.4, 0.5) is 5.69 Å². The summed E-state index contributed by atoms with van der Waals surface area (Å²) in [5, 5.41) is 33.2. The van der Waals surface area contributed by atoms with Crippen LogP contribution >= 0.6 is 0 Å². The summed E-state index contributed by atoms with van der Waals surface area (Å²) in [5.41, 5.74) is 0.992. The summed E-state index contributed by atoms with van der Waals surface area (Å²) in [7, 11) is 1.67. The Hall–Kier alpha value is -2.64. The molecule has 4 atom stereocenters. The van der Waals surface area contributed by atoms with Crippen molar-refractivity contribution in [2.24, 2.45) is 5.92 Å². The molecule has 0 saturated carbocycles. The first-order valence-electron chi connectivity index (χ1n) is 8.75. The average Bonchev–Trinajstić information content (AvgIpc) is 2.63. The van der Waals surface area contributed by atoms with Crippen molar-refractivity contribution >= 4 is 23.5 Å². The molecule has 0 aliphatic carbocycles. The lowest BCUT2D eigenvalue weighted by Gasteiger charge is -2.20. The molecule has 2 rings (SSSR count). The number of ketones is 1. The fraction of sp³-hybridized carbons (Fsp3) is 0.400. The number of ether oxygens (including phenoxy) is 1. The van der Waals surface area contributed by atoms with E-state index in [4.69, 9.17) is 4.74 Å². The summed E-state index contributed by atoms with van der Waals surface area (Å²) < 4.78 is 5.44. The van der Waals surface area contributed by atoms with Crippen molar-refractivity contribution in [2.45, 2.75) is 38.6 Å². The molecule has 1 aromatic rings. The van der Waals surface area contributed by atoms with E-state index in [2.05, 4.69) is 5.32 Å².